The maximum Gasteiger partial charge on any atom is 0.335 e. The van der Waals surface area contributed by atoms with Crippen molar-refractivity contribution in [2.45, 2.75) is 13.5 Å². The lowest BCUT2D eigenvalue weighted by Gasteiger charge is -2.13. The van der Waals surface area contributed by atoms with Crippen molar-refractivity contribution in [1.29, 1.82) is 0 Å². The predicted octanol–water partition coefficient (Wildman–Crippen LogP) is 6.92. The van der Waals surface area contributed by atoms with Gasteiger partial charge in [-0.05, 0) is 65.6 Å². The number of nitrogens with one attached hydrogen (secondary N) is 1. The number of benzene rings is 4. The highest BCUT2D eigenvalue weighted by Crippen LogP contribution is 2.31. The Hall–Kier alpha value is -4.31. The van der Waals surface area contributed by atoms with Gasteiger partial charge in [-0.3, -0.25) is 0 Å². The van der Waals surface area contributed by atoms with Gasteiger partial charge >= 0.3 is 5.97 Å². The average molecular weight is 433 g/mol. The highest BCUT2D eigenvalue weighted by atomic mass is 16.4. The number of anilines is 1. The maximum absolute atomic E-state index is 11.3. The van der Waals surface area contributed by atoms with Gasteiger partial charge in [-0.15, -0.1) is 0 Å². The summed E-state index contributed by atoms with van der Waals surface area (Å²) in [4.78, 5) is 11.3. The summed E-state index contributed by atoms with van der Waals surface area (Å²) in [5, 5.41) is 13.9. The minimum Gasteiger partial charge on any atom is -0.478 e. The lowest BCUT2D eigenvalue weighted by molar-refractivity contribution is 0.0697. The predicted molar refractivity (Wildman–Crippen MR) is 134 cm³/mol. The summed E-state index contributed by atoms with van der Waals surface area (Å²) in [5.41, 5.74) is 7.92. The first-order valence-electron chi connectivity index (χ1n) is 10.9. The van der Waals surface area contributed by atoms with Crippen molar-refractivity contribution in [3.05, 3.63) is 120 Å². The van der Waals surface area contributed by atoms with E-state index in [1.807, 2.05) is 19.1 Å². The number of carbonyl (C=O) groups is 1. The molecule has 0 radical (unpaired) electrons. The van der Waals surface area contributed by atoms with E-state index >= 15 is 0 Å². The number of nitrogens with zero attached hydrogens (tertiary/aromatic N) is 1. The summed E-state index contributed by atoms with van der Waals surface area (Å²) in [5.74, 6) is -0.922. The van der Waals surface area contributed by atoms with Crippen LogP contribution in [0.1, 0.15) is 21.5 Å². The molecule has 0 fully saturated rings. The maximum atomic E-state index is 11.3. The Kier molecular flexibility index (Phi) is 5.41. The molecule has 33 heavy (non-hydrogen) atoms. The van der Waals surface area contributed by atoms with Crippen molar-refractivity contribution in [2.75, 3.05) is 5.32 Å². The summed E-state index contributed by atoms with van der Waals surface area (Å²) in [7, 11) is 0. The SMILES string of the molecule is Cc1ccc(C(=O)O)cc1NCc1cccc(-n2ccc3c(-c4ccccc4)cccc32)c1. The number of rotatable bonds is 6. The van der Waals surface area contributed by atoms with Gasteiger partial charge in [0.15, 0.2) is 0 Å². The Bertz CT molecular complexity index is 1450. The van der Waals surface area contributed by atoms with Crippen LogP contribution in [0, 0.1) is 6.92 Å². The van der Waals surface area contributed by atoms with Crippen molar-refractivity contribution < 1.29 is 9.90 Å². The monoisotopic (exact) mass is 432 g/mol. The Morgan fingerprint density at radius 1 is 0.879 bits per heavy atom. The second-order valence-corrected chi connectivity index (χ2v) is 8.15. The highest BCUT2D eigenvalue weighted by Gasteiger charge is 2.10. The number of aryl methyl sites for hydroxylation is 1. The molecule has 0 spiro atoms. The van der Waals surface area contributed by atoms with Gasteiger partial charge in [-0.1, -0.05) is 60.7 Å². The van der Waals surface area contributed by atoms with E-state index in [9.17, 15) is 9.90 Å². The third-order valence-electron chi connectivity index (χ3n) is 5.97. The largest absolute Gasteiger partial charge is 0.478 e. The first-order chi connectivity index (χ1) is 16.1. The Balaban J connectivity index is 1.44. The van der Waals surface area contributed by atoms with Crippen molar-refractivity contribution in [1.82, 2.24) is 4.57 Å². The van der Waals surface area contributed by atoms with E-state index in [1.54, 1.807) is 12.1 Å². The van der Waals surface area contributed by atoms with E-state index in [-0.39, 0.29) is 5.56 Å². The number of carboxylic acids is 1. The third kappa shape index (κ3) is 4.11. The molecule has 0 saturated carbocycles. The van der Waals surface area contributed by atoms with Crippen LogP contribution in [0.3, 0.4) is 0 Å². The fourth-order valence-corrected chi connectivity index (χ4v) is 4.22. The molecule has 0 amide bonds. The first kappa shape index (κ1) is 20.6. The van der Waals surface area contributed by atoms with Crippen LogP contribution in [-0.2, 0) is 6.54 Å². The van der Waals surface area contributed by atoms with Crippen LogP contribution in [0.5, 0.6) is 0 Å². The first-order valence-corrected chi connectivity index (χ1v) is 10.9. The third-order valence-corrected chi connectivity index (χ3v) is 5.97. The Labute approximate surface area is 192 Å². The molecule has 0 saturated heterocycles. The van der Waals surface area contributed by atoms with E-state index in [2.05, 4.69) is 88.9 Å². The van der Waals surface area contributed by atoms with E-state index < -0.39 is 5.97 Å². The molecule has 2 N–H and O–H groups in total. The molecule has 0 aliphatic rings. The summed E-state index contributed by atoms with van der Waals surface area (Å²) >= 11 is 0. The van der Waals surface area contributed by atoms with Gasteiger partial charge in [-0.2, -0.15) is 0 Å². The molecule has 1 aromatic heterocycles. The van der Waals surface area contributed by atoms with Crippen LogP contribution in [-0.4, -0.2) is 15.6 Å². The summed E-state index contributed by atoms with van der Waals surface area (Å²) < 4.78 is 2.21. The van der Waals surface area contributed by atoms with Gasteiger partial charge in [0.2, 0.25) is 0 Å². The molecule has 0 aliphatic carbocycles. The molecule has 4 aromatic carbocycles. The standard InChI is InChI=1S/C29H24N2O2/c1-20-13-14-23(29(32)33)18-27(20)30-19-21-7-5-10-24(17-21)31-16-15-26-25(11-6-12-28(26)31)22-8-3-2-4-9-22/h2-18,30H,19H2,1H3,(H,32,33). The Morgan fingerprint density at radius 3 is 2.52 bits per heavy atom. The van der Waals surface area contributed by atoms with Gasteiger partial charge in [0, 0.05) is 29.5 Å². The molecule has 1 heterocycles. The number of aromatic carboxylic acids is 1. The zero-order valence-electron chi connectivity index (χ0n) is 18.3. The molecule has 162 valence electrons. The van der Waals surface area contributed by atoms with E-state index in [0.29, 0.717) is 6.54 Å². The van der Waals surface area contributed by atoms with Crippen molar-refractivity contribution in [3.63, 3.8) is 0 Å². The zero-order valence-corrected chi connectivity index (χ0v) is 18.3. The molecule has 5 aromatic rings. The normalized spacial score (nSPS) is 10.9. The fourth-order valence-electron chi connectivity index (χ4n) is 4.22. The molecule has 0 bridgehead atoms. The fraction of sp³-hybridized carbons (Fsp3) is 0.0690. The second kappa shape index (κ2) is 8.67. The molecule has 4 heteroatoms. The van der Waals surface area contributed by atoms with E-state index in [0.717, 1.165) is 28.0 Å². The smallest absolute Gasteiger partial charge is 0.335 e. The topological polar surface area (TPSA) is 54.3 Å². The Morgan fingerprint density at radius 2 is 1.70 bits per heavy atom. The quantitative estimate of drug-likeness (QED) is 0.306. The number of hydrogen-bond acceptors (Lipinski definition) is 2. The molecular formula is C29H24N2O2. The molecule has 0 unspecified atom stereocenters. The summed E-state index contributed by atoms with van der Waals surface area (Å²) in [6.45, 7) is 2.58. The van der Waals surface area contributed by atoms with Gasteiger partial charge in [0.25, 0.3) is 0 Å². The summed E-state index contributed by atoms with van der Waals surface area (Å²) in [6, 6.07) is 32.6. The second-order valence-electron chi connectivity index (χ2n) is 8.15. The van der Waals surface area contributed by atoms with Crippen LogP contribution in [0.15, 0.2) is 103 Å². The number of carboxylic acid groups (broad SMARTS) is 1. The minimum absolute atomic E-state index is 0.282. The number of aromatic nitrogens is 1. The van der Waals surface area contributed by atoms with Crippen molar-refractivity contribution in [3.8, 4) is 16.8 Å². The number of hydrogen-bond donors (Lipinski definition) is 2. The minimum atomic E-state index is -0.922. The van der Waals surface area contributed by atoms with Crippen LogP contribution in [0.25, 0.3) is 27.7 Å². The summed E-state index contributed by atoms with van der Waals surface area (Å²) in [6.07, 6.45) is 2.12. The van der Waals surface area contributed by atoms with Gasteiger partial charge < -0.3 is 15.0 Å². The molecule has 0 aliphatic heterocycles. The highest BCUT2D eigenvalue weighted by molar-refractivity contribution is 5.96. The molecule has 4 nitrogen and oxygen atoms in total. The van der Waals surface area contributed by atoms with Crippen LogP contribution < -0.4 is 5.32 Å². The van der Waals surface area contributed by atoms with Crippen molar-refractivity contribution >= 4 is 22.6 Å². The van der Waals surface area contributed by atoms with Crippen molar-refractivity contribution in [2.24, 2.45) is 0 Å². The molecule has 5 rings (SSSR count). The molecule has 0 atom stereocenters. The van der Waals surface area contributed by atoms with Crippen LogP contribution in [0.2, 0.25) is 0 Å². The van der Waals surface area contributed by atoms with Gasteiger partial charge in [-0.25, -0.2) is 4.79 Å². The molecular weight excluding hydrogens is 408 g/mol. The van der Waals surface area contributed by atoms with E-state index in [4.69, 9.17) is 0 Å². The zero-order chi connectivity index (χ0) is 22.8. The number of fused-ring (bicyclic) bond motifs is 1. The average Bonchev–Trinajstić information content (AvgIpc) is 3.28. The van der Waals surface area contributed by atoms with Gasteiger partial charge in [0.05, 0.1) is 11.1 Å². The lowest BCUT2D eigenvalue weighted by Crippen LogP contribution is -2.04. The van der Waals surface area contributed by atoms with Gasteiger partial charge in [0.1, 0.15) is 0 Å². The van der Waals surface area contributed by atoms with Crippen LogP contribution in [0.4, 0.5) is 5.69 Å². The lowest BCUT2D eigenvalue weighted by atomic mass is 10.0. The van der Waals surface area contributed by atoms with Crippen LogP contribution >= 0.6 is 0 Å². The van der Waals surface area contributed by atoms with E-state index in [1.165, 1.54) is 16.5 Å².